The normalized spacial score (nSPS) is 15.8. The standard InChI is InChI=1S/C16H24ClN3S2/c1-22-11-3-6-18-16(21)20-9-7-19(8-10-20)13-14-4-2-5-15(17)12-14/h2,4-5,12H,3,6-11,13H2,1H3,(H,18,21)/p+1. The Kier molecular flexibility index (Phi) is 7.80. The van der Waals surface area contributed by atoms with Gasteiger partial charge in [-0.25, -0.2) is 0 Å². The lowest BCUT2D eigenvalue weighted by Gasteiger charge is -2.34. The summed E-state index contributed by atoms with van der Waals surface area (Å²) in [5.74, 6) is 1.19. The van der Waals surface area contributed by atoms with Gasteiger partial charge in [0.15, 0.2) is 5.11 Å². The van der Waals surface area contributed by atoms with E-state index in [0.717, 1.165) is 49.4 Å². The predicted octanol–water partition coefficient (Wildman–Crippen LogP) is 1.67. The van der Waals surface area contributed by atoms with Crippen molar-refractivity contribution in [2.24, 2.45) is 0 Å². The van der Waals surface area contributed by atoms with Crippen molar-refractivity contribution in [3.63, 3.8) is 0 Å². The van der Waals surface area contributed by atoms with Gasteiger partial charge in [-0.05, 0) is 42.8 Å². The van der Waals surface area contributed by atoms with Crippen molar-refractivity contribution in [2.45, 2.75) is 13.0 Å². The Morgan fingerprint density at radius 2 is 2.18 bits per heavy atom. The first kappa shape index (κ1) is 17.9. The Balaban J connectivity index is 1.70. The number of thioether (sulfide) groups is 1. The van der Waals surface area contributed by atoms with Gasteiger partial charge in [-0.3, -0.25) is 0 Å². The smallest absolute Gasteiger partial charge is 0.169 e. The van der Waals surface area contributed by atoms with Crippen LogP contribution in [0.5, 0.6) is 0 Å². The van der Waals surface area contributed by atoms with E-state index in [1.165, 1.54) is 17.7 Å². The zero-order valence-corrected chi connectivity index (χ0v) is 15.5. The van der Waals surface area contributed by atoms with Crippen molar-refractivity contribution in [3.05, 3.63) is 34.9 Å². The van der Waals surface area contributed by atoms with Crippen LogP contribution in [0.1, 0.15) is 12.0 Å². The molecule has 1 fully saturated rings. The summed E-state index contributed by atoms with van der Waals surface area (Å²) in [6.07, 6.45) is 3.31. The summed E-state index contributed by atoms with van der Waals surface area (Å²) in [4.78, 5) is 3.90. The van der Waals surface area contributed by atoms with Gasteiger partial charge in [0.1, 0.15) is 6.54 Å². The summed E-state index contributed by atoms with van der Waals surface area (Å²) in [6.45, 7) is 6.34. The second-order valence-electron chi connectivity index (χ2n) is 5.62. The molecule has 122 valence electrons. The van der Waals surface area contributed by atoms with Crippen molar-refractivity contribution in [1.29, 1.82) is 0 Å². The molecule has 0 amide bonds. The van der Waals surface area contributed by atoms with Crippen molar-refractivity contribution in [2.75, 3.05) is 44.7 Å². The Labute approximate surface area is 148 Å². The fraction of sp³-hybridized carbons (Fsp3) is 0.562. The van der Waals surface area contributed by atoms with Crippen LogP contribution >= 0.6 is 35.6 Å². The molecule has 1 aromatic carbocycles. The third kappa shape index (κ3) is 5.95. The lowest BCUT2D eigenvalue weighted by Crippen LogP contribution is -3.13. The zero-order chi connectivity index (χ0) is 15.8. The average Bonchev–Trinajstić information content (AvgIpc) is 2.52. The first-order valence-electron chi connectivity index (χ1n) is 7.79. The van der Waals surface area contributed by atoms with Crippen LogP contribution in [-0.2, 0) is 6.54 Å². The van der Waals surface area contributed by atoms with Crippen molar-refractivity contribution in [3.8, 4) is 0 Å². The number of rotatable bonds is 6. The number of hydrogen-bond acceptors (Lipinski definition) is 2. The molecular formula is C16H25ClN3S2+. The molecule has 0 saturated carbocycles. The van der Waals surface area contributed by atoms with Gasteiger partial charge in [0.25, 0.3) is 0 Å². The van der Waals surface area contributed by atoms with Crippen LogP contribution in [-0.4, -0.2) is 54.7 Å². The van der Waals surface area contributed by atoms with Crippen molar-refractivity contribution < 1.29 is 4.90 Å². The maximum absolute atomic E-state index is 6.05. The Hall–Kier alpha value is -0.490. The maximum atomic E-state index is 6.05. The Bertz CT molecular complexity index is 476. The highest BCUT2D eigenvalue weighted by molar-refractivity contribution is 7.98. The molecule has 0 aromatic heterocycles. The summed E-state index contributed by atoms with van der Waals surface area (Å²) in [7, 11) is 0. The average molecular weight is 359 g/mol. The first-order valence-corrected chi connectivity index (χ1v) is 9.97. The fourth-order valence-corrected chi connectivity index (χ4v) is 3.59. The molecule has 0 spiro atoms. The zero-order valence-electron chi connectivity index (χ0n) is 13.1. The maximum Gasteiger partial charge on any atom is 0.169 e. The molecule has 1 aliphatic heterocycles. The number of hydrogen-bond donors (Lipinski definition) is 2. The second kappa shape index (κ2) is 9.60. The Morgan fingerprint density at radius 1 is 1.41 bits per heavy atom. The van der Waals surface area contributed by atoms with E-state index < -0.39 is 0 Å². The van der Waals surface area contributed by atoms with Gasteiger partial charge < -0.3 is 15.1 Å². The van der Waals surface area contributed by atoms with Crippen LogP contribution < -0.4 is 10.2 Å². The molecule has 2 rings (SSSR count). The molecular weight excluding hydrogens is 334 g/mol. The lowest BCUT2D eigenvalue weighted by molar-refractivity contribution is -0.917. The number of halogens is 1. The van der Waals surface area contributed by atoms with Crippen LogP contribution in [0.15, 0.2) is 24.3 Å². The number of piperazine rings is 1. The van der Waals surface area contributed by atoms with Crippen LogP contribution in [0.25, 0.3) is 0 Å². The molecule has 3 nitrogen and oxygen atoms in total. The van der Waals surface area contributed by atoms with Crippen LogP contribution in [0.2, 0.25) is 5.02 Å². The highest BCUT2D eigenvalue weighted by atomic mass is 35.5. The summed E-state index contributed by atoms with van der Waals surface area (Å²) < 4.78 is 0. The van der Waals surface area contributed by atoms with E-state index in [-0.39, 0.29) is 0 Å². The number of nitrogens with one attached hydrogen (secondary N) is 2. The molecule has 22 heavy (non-hydrogen) atoms. The Morgan fingerprint density at radius 3 is 2.86 bits per heavy atom. The molecule has 0 atom stereocenters. The first-order chi connectivity index (χ1) is 10.7. The van der Waals surface area contributed by atoms with Gasteiger partial charge in [-0.15, -0.1) is 0 Å². The van der Waals surface area contributed by atoms with E-state index >= 15 is 0 Å². The highest BCUT2D eigenvalue weighted by Gasteiger charge is 2.21. The minimum atomic E-state index is 0.825. The van der Waals surface area contributed by atoms with E-state index in [1.54, 1.807) is 4.90 Å². The molecule has 1 aromatic rings. The van der Waals surface area contributed by atoms with E-state index in [0.29, 0.717) is 0 Å². The summed E-state index contributed by atoms with van der Waals surface area (Å²) in [6, 6.07) is 8.18. The van der Waals surface area contributed by atoms with E-state index in [2.05, 4.69) is 28.6 Å². The summed E-state index contributed by atoms with van der Waals surface area (Å²) >= 11 is 13.4. The third-order valence-corrected chi connectivity index (χ3v) is 5.24. The largest absolute Gasteiger partial charge is 0.363 e. The third-order valence-electron chi connectivity index (χ3n) is 3.90. The van der Waals surface area contributed by atoms with Gasteiger partial charge in [-0.2, -0.15) is 11.8 Å². The van der Waals surface area contributed by atoms with E-state index in [1.807, 2.05) is 23.9 Å². The topological polar surface area (TPSA) is 19.7 Å². The van der Waals surface area contributed by atoms with E-state index in [9.17, 15) is 0 Å². The predicted molar refractivity (Wildman–Crippen MR) is 101 cm³/mol. The minimum Gasteiger partial charge on any atom is -0.363 e. The SMILES string of the molecule is CSCCCNC(=S)N1CC[NH+](Cc2cccc(Cl)c2)CC1. The van der Waals surface area contributed by atoms with Gasteiger partial charge in [0, 0.05) is 17.1 Å². The van der Waals surface area contributed by atoms with Crippen molar-refractivity contribution >= 4 is 40.7 Å². The molecule has 1 aliphatic rings. The van der Waals surface area contributed by atoms with Crippen molar-refractivity contribution in [1.82, 2.24) is 10.2 Å². The van der Waals surface area contributed by atoms with Crippen LogP contribution in [0.3, 0.4) is 0 Å². The molecule has 0 bridgehead atoms. The molecule has 0 unspecified atom stereocenters. The summed E-state index contributed by atoms with van der Waals surface area (Å²) in [5, 5.41) is 5.12. The molecule has 2 N–H and O–H groups in total. The summed E-state index contributed by atoms with van der Waals surface area (Å²) in [5.41, 5.74) is 1.31. The monoisotopic (exact) mass is 358 g/mol. The number of benzene rings is 1. The number of quaternary nitrogens is 1. The van der Waals surface area contributed by atoms with Gasteiger partial charge >= 0.3 is 0 Å². The molecule has 1 heterocycles. The molecule has 0 radical (unpaired) electrons. The number of thiocarbonyl (C=S) groups is 1. The van der Waals surface area contributed by atoms with Gasteiger partial charge in [0.2, 0.25) is 0 Å². The van der Waals surface area contributed by atoms with Crippen LogP contribution in [0, 0.1) is 0 Å². The van der Waals surface area contributed by atoms with Gasteiger partial charge in [-0.1, -0.05) is 23.7 Å². The van der Waals surface area contributed by atoms with Gasteiger partial charge in [0.05, 0.1) is 26.2 Å². The highest BCUT2D eigenvalue weighted by Crippen LogP contribution is 2.09. The second-order valence-corrected chi connectivity index (χ2v) is 7.43. The van der Waals surface area contributed by atoms with E-state index in [4.69, 9.17) is 23.8 Å². The lowest BCUT2D eigenvalue weighted by atomic mass is 10.2. The fourth-order valence-electron chi connectivity index (χ4n) is 2.66. The van der Waals surface area contributed by atoms with Crippen LogP contribution in [0.4, 0.5) is 0 Å². The number of nitrogens with zero attached hydrogens (tertiary/aromatic N) is 1. The molecule has 6 heteroatoms. The molecule has 0 aliphatic carbocycles. The minimum absolute atomic E-state index is 0.825. The molecule has 1 saturated heterocycles. The quantitative estimate of drug-likeness (QED) is 0.595.